The van der Waals surface area contributed by atoms with Gasteiger partial charge in [-0.2, -0.15) is 4.31 Å². The Morgan fingerprint density at radius 1 is 1.00 bits per heavy atom. The molecule has 0 bridgehead atoms. The quantitative estimate of drug-likeness (QED) is 0.830. The van der Waals surface area contributed by atoms with Gasteiger partial charge in [0.2, 0.25) is 10.0 Å². The van der Waals surface area contributed by atoms with Crippen LogP contribution in [0, 0.1) is 13.8 Å². The van der Waals surface area contributed by atoms with Gasteiger partial charge in [-0.25, -0.2) is 8.42 Å². The lowest BCUT2D eigenvalue weighted by Gasteiger charge is -2.27. The molecule has 2 fully saturated rings. The molecule has 1 aromatic rings. The van der Waals surface area contributed by atoms with Crippen LogP contribution in [-0.4, -0.2) is 81.1 Å². The van der Waals surface area contributed by atoms with E-state index in [9.17, 15) is 13.2 Å². The van der Waals surface area contributed by atoms with Crippen LogP contribution < -0.4 is 0 Å². The summed E-state index contributed by atoms with van der Waals surface area (Å²) in [5.41, 5.74) is 1.33. The minimum absolute atomic E-state index is 0.178. The van der Waals surface area contributed by atoms with Gasteiger partial charge in [0.05, 0.1) is 26.4 Å². The maximum absolute atomic E-state index is 12.9. The van der Waals surface area contributed by atoms with E-state index in [1.54, 1.807) is 18.7 Å². The second kappa shape index (κ2) is 6.83. The van der Waals surface area contributed by atoms with Gasteiger partial charge in [0.15, 0.2) is 0 Å². The van der Waals surface area contributed by atoms with Crippen LogP contribution in [0.25, 0.3) is 0 Å². The van der Waals surface area contributed by atoms with Gasteiger partial charge in [-0.15, -0.1) is 0 Å². The average Bonchev–Trinajstić information content (AvgIpc) is 2.91. The molecule has 134 valence electrons. The van der Waals surface area contributed by atoms with Crippen LogP contribution in [0.4, 0.5) is 0 Å². The molecule has 1 aromatic heterocycles. The summed E-state index contributed by atoms with van der Waals surface area (Å²) in [6.45, 7) is 6.86. The maximum atomic E-state index is 12.9. The number of sulfonamides is 1. The fourth-order valence-corrected chi connectivity index (χ4v) is 4.99. The number of ether oxygens (including phenoxy) is 2. The van der Waals surface area contributed by atoms with E-state index in [4.69, 9.17) is 9.47 Å². The number of carbonyl (C=O) groups is 1. The fraction of sp³-hybridized carbons (Fsp3) is 0.667. The zero-order valence-electron chi connectivity index (χ0n) is 14.0. The van der Waals surface area contributed by atoms with Gasteiger partial charge >= 0.3 is 0 Å². The number of aromatic nitrogens is 1. The number of aromatic amines is 1. The molecule has 2 aliphatic heterocycles. The van der Waals surface area contributed by atoms with Crippen molar-refractivity contribution >= 4 is 15.9 Å². The van der Waals surface area contributed by atoms with E-state index in [1.807, 2.05) is 0 Å². The van der Waals surface area contributed by atoms with Crippen molar-refractivity contribution in [2.45, 2.75) is 18.7 Å². The van der Waals surface area contributed by atoms with Gasteiger partial charge in [0.1, 0.15) is 10.6 Å². The van der Waals surface area contributed by atoms with Gasteiger partial charge in [0.25, 0.3) is 5.91 Å². The molecule has 3 rings (SSSR count). The Morgan fingerprint density at radius 3 is 2.12 bits per heavy atom. The minimum Gasteiger partial charge on any atom is -0.379 e. The normalized spacial score (nSPS) is 20.3. The second-order valence-electron chi connectivity index (χ2n) is 6.00. The monoisotopic (exact) mass is 357 g/mol. The minimum atomic E-state index is -3.64. The predicted molar refractivity (Wildman–Crippen MR) is 86.6 cm³/mol. The van der Waals surface area contributed by atoms with E-state index in [0.717, 1.165) is 0 Å². The number of rotatable bonds is 3. The average molecular weight is 357 g/mol. The largest absolute Gasteiger partial charge is 0.379 e. The summed E-state index contributed by atoms with van der Waals surface area (Å²) in [7, 11) is -3.64. The molecule has 0 saturated carbocycles. The Balaban J connectivity index is 1.92. The van der Waals surface area contributed by atoms with Crippen molar-refractivity contribution in [3.8, 4) is 0 Å². The number of amides is 1. The third-order valence-electron chi connectivity index (χ3n) is 4.45. The summed E-state index contributed by atoms with van der Waals surface area (Å²) in [6.07, 6.45) is 0. The zero-order valence-corrected chi connectivity index (χ0v) is 14.8. The van der Waals surface area contributed by atoms with Crippen molar-refractivity contribution in [3.63, 3.8) is 0 Å². The summed E-state index contributed by atoms with van der Waals surface area (Å²) >= 11 is 0. The molecule has 0 radical (unpaired) electrons. The highest BCUT2D eigenvalue weighted by Crippen LogP contribution is 2.27. The molecule has 9 heteroatoms. The maximum Gasteiger partial charge on any atom is 0.270 e. The lowest BCUT2D eigenvalue weighted by Crippen LogP contribution is -2.41. The van der Waals surface area contributed by atoms with Gasteiger partial charge in [-0.05, 0) is 19.4 Å². The summed E-state index contributed by atoms with van der Waals surface area (Å²) in [4.78, 5) is 17.6. The van der Waals surface area contributed by atoms with E-state index in [1.165, 1.54) is 4.31 Å². The van der Waals surface area contributed by atoms with E-state index < -0.39 is 10.0 Å². The first-order chi connectivity index (χ1) is 11.4. The molecule has 1 amide bonds. The van der Waals surface area contributed by atoms with Crippen molar-refractivity contribution in [2.75, 3.05) is 52.6 Å². The van der Waals surface area contributed by atoms with Crippen molar-refractivity contribution in [2.24, 2.45) is 0 Å². The van der Waals surface area contributed by atoms with Crippen LogP contribution in [0.3, 0.4) is 0 Å². The lowest BCUT2D eigenvalue weighted by molar-refractivity contribution is 0.0299. The number of morpholine rings is 2. The molecule has 0 aromatic carbocycles. The SMILES string of the molecule is Cc1[nH]c(C(=O)N2CCOCC2)c(C)c1S(=O)(=O)N1CCOCC1. The van der Waals surface area contributed by atoms with Crippen LogP contribution in [0.2, 0.25) is 0 Å². The first kappa shape index (κ1) is 17.4. The number of carbonyl (C=O) groups excluding carboxylic acids is 1. The van der Waals surface area contributed by atoms with Crippen LogP contribution in [-0.2, 0) is 19.5 Å². The van der Waals surface area contributed by atoms with Gasteiger partial charge < -0.3 is 19.4 Å². The first-order valence-corrected chi connectivity index (χ1v) is 9.51. The molecule has 1 N–H and O–H groups in total. The molecule has 24 heavy (non-hydrogen) atoms. The summed E-state index contributed by atoms with van der Waals surface area (Å²) in [6, 6.07) is 0. The van der Waals surface area contributed by atoms with E-state index in [2.05, 4.69) is 4.98 Å². The molecule has 8 nitrogen and oxygen atoms in total. The number of H-pyrrole nitrogens is 1. The summed E-state index contributed by atoms with van der Waals surface area (Å²) in [5, 5.41) is 0. The molecule has 0 unspecified atom stereocenters. The topological polar surface area (TPSA) is 91.9 Å². The Bertz CT molecular complexity index is 716. The highest BCUT2D eigenvalue weighted by Gasteiger charge is 2.33. The predicted octanol–water partition coefficient (Wildman–Crippen LogP) is 0.125. The van der Waals surface area contributed by atoms with Gasteiger partial charge in [-0.3, -0.25) is 4.79 Å². The fourth-order valence-electron chi connectivity index (χ4n) is 3.17. The smallest absolute Gasteiger partial charge is 0.270 e. The molecule has 0 spiro atoms. The van der Waals surface area contributed by atoms with E-state index >= 15 is 0 Å². The van der Waals surface area contributed by atoms with Crippen molar-refractivity contribution < 1.29 is 22.7 Å². The van der Waals surface area contributed by atoms with Crippen molar-refractivity contribution in [3.05, 3.63) is 17.0 Å². The van der Waals surface area contributed by atoms with Crippen LogP contribution >= 0.6 is 0 Å². The third kappa shape index (κ3) is 3.08. The highest BCUT2D eigenvalue weighted by molar-refractivity contribution is 7.89. The summed E-state index contributed by atoms with van der Waals surface area (Å²) in [5.74, 6) is -0.178. The molecule has 2 saturated heterocycles. The summed E-state index contributed by atoms with van der Waals surface area (Å²) < 4.78 is 37.8. The van der Waals surface area contributed by atoms with Crippen molar-refractivity contribution in [1.82, 2.24) is 14.2 Å². The van der Waals surface area contributed by atoms with E-state index in [-0.39, 0.29) is 10.8 Å². The highest BCUT2D eigenvalue weighted by atomic mass is 32.2. The van der Waals surface area contributed by atoms with Crippen LogP contribution in [0.1, 0.15) is 21.7 Å². The lowest BCUT2D eigenvalue weighted by atomic mass is 10.2. The van der Waals surface area contributed by atoms with Gasteiger partial charge in [-0.1, -0.05) is 0 Å². The van der Waals surface area contributed by atoms with E-state index in [0.29, 0.717) is 69.6 Å². The zero-order chi connectivity index (χ0) is 17.3. The Hall–Kier alpha value is -1.42. The molecular formula is C15H23N3O5S. The van der Waals surface area contributed by atoms with Gasteiger partial charge in [0, 0.05) is 31.9 Å². The number of nitrogens with zero attached hydrogens (tertiary/aromatic N) is 2. The van der Waals surface area contributed by atoms with Crippen LogP contribution in [0.5, 0.6) is 0 Å². The Kier molecular flexibility index (Phi) is 4.95. The molecule has 0 atom stereocenters. The number of hydrogen-bond donors (Lipinski definition) is 1. The number of aryl methyl sites for hydroxylation is 1. The molecular weight excluding hydrogens is 334 g/mol. The molecule has 0 aliphatic carbocycles. The van der Waals surface area contributed by atoms with Crippen molar-refractivity contribution in [1.29, 1.82) is 0 Å². The standard InChI is InChI=1S/C15H23N3O5S/c1-11-13(15(19)17-3-7-22-8-4-17)16-12(2)14(11)24(20,21)18-5-9-23-10-6-18/h16H,3-10H2,1-2H3. The Morgan fingerprint density at radius 2 is 1.54 bits per heavy atom. The molecule has 3 heterocycles. The number of hydrogen-bond acceptors (Lipinski definition) is 5. The second-order valence-corrected chi connectivity index (χ2v) is 7.87. The Labute approximate surface area is 141 Å². The third-order valence-corrected chi connectivity index (χ3v) is 6.62. The number of nitrogens with one attached hydrogen (secondary N) is 1. The molecule has 2 aliphatic rings. The first-order valence-electron chi connectivity index (χ1n) is 8.07. The van der Waals surface area contributed by atoms with Crippen LogP contribution in [0.15, 0.2) is 4.90 Å².